The standard InChI is InChI=1S/C12H15BrN2O.ClH/c1-12(2,3)11(15)9-8(13)5-4-7(6-14)10(9)16;/h4-5,11,16H,15H2,1-3H3;1H/t11-;/m0./s1. The summed E-state index contributed by atoms with van der Waals surface area (Å²) in [6.07, 6.45) is 0. The number of phenols is 1. The zero-order chi connectivity index (χ0) is 12.5. The van der Waals surface area contributed by atoms with Crippen LogP contribution in [-0.4, -0.2) is 5.11 Å². The number of halogens is 2. The fourth-order valence-electron chi connectivity index (χ4n) is 1.40. The third kappa shape index (κ3) is 3.35. The van der Waals surface area contributed by atoms with Gasteiger partial charge in [-0.1, -0.05) is 36.7 Å². The molecule has 0 saturated carbocycles. The van der Waals surface area contributed by atoms with Crippen LogP contribution in [0.15, 0.2) is 16.6 Å². The molecule has 0 saturated heterocycles. The van der Waals surface area contributed by atoms with Gasteiger partial charge in [-0.15, -0.1) is 12.4 Å². The highest BCUT2D eigenvalue weighted by Gasteiger charge is 2.27. The molecule has 1 atom stereocenters. The lowest BCUT2D eigenvalue weighted by Crippen LogP contribution is -2.26. The Labute approximate surface area is 116 Å². The van der Waals surface area contributed by atoms with Crippen LogP contribution in [0.25, 0.3) is 0 Å². The van der Waals surface area contributed by atoms with Gasteiger partial charge in [-0.05, 0) is 17.5 Å². The van der Waals surface area contributed by atoms with Crippen molar-refractivity contribution < 1.29 is 5.11 Å². The van der Waals surface area contributed by atoms with Gasteiger partial charge in [0, 0.05) is 16.1 Å². The van der Waals surface area contributed by atoms with Gasteiger partial charge in [-0.2, -0.15) is 5.26 Å². The van der Waals surface area contributed by atoms with Crippen molar-refractivity contribution in [3.8, 4) is 11.8 Å². The number of nitrogens with two attached hydrogens (primary N) is 1. The first-order valence-corrected chi connectivity index (χ1v) is 5.75. The van der Waals surface area contributed by atoms with Gasteiger partial charge in [0.1, 0.15) is 11.8 Å². The van der Waals surface area contributed by atoms with Crippen molar-refractivity contribution >= 4 is 28.3 Å². The molecule has 17 heavy (non-hydrogen) atoms. The summed E-state index contributed by atoms with van der Waals surface area (Å²) in [5, 5.41) is 18.8. The van der Waals surface area contributed by atoms with E-state index in [0.717, 1.165) is 4.47 Å². The molecule has 0 heterocycles. The predicted molar refractivity (Wildman–Crippen MR) is 74.2 cm³/mol. The molecule has 1 rings (SSSR count). The number of hydrogen-bond acceptors (Lipinski definition) is 3. The highest BCUT2D eigenvalue weighted by atomic mass is 79.9. The van der Waals surface area contributed by atoms with E-state index >= 15 is 0 Å². The van der Waals surface area contributed by atoms with E-state index in [-0.39, 0.29) is 35.2 Å². The minimum Gasteiger partial charge on any atom is -0.506 e. The number of nitrogens with zero attached hydrogens (tertiary/aromatic N) is 1. The Bertz CT molecular complexity index is 449. The van der Waals surface area contributed by atoms with Crippen LogP contribution in [0.2, 0.25) is 0 Å². The number of rotatable bonds is 1. The second-order valence-electron chi connectivity index (χ2n) is 4.81. The molecule has 1 aromatic carbocycles. The molecular formula is C12H16BrClN2O. The molecule has 0 aliphatic carbocycles. The molecule has 0 spiro atoms. The Morgan fingerprint density at radius 1 is 1.41 bits per heavy atom. The van der Waals surface area contributed by atoms with Crippen molar-refractivity contribution in [2.45, 2.75) is 26.8 Å². The quantitative estimate of drug-likeness (QED) is 0.832. The molecule has 3 N–H and O–H groups in total. The van der Waals surface area contributed by atoms with Gasteiger partial charge in [0.05, 0.1) is 5.56 Å². The van der Waals surface area contributed by atoms with Crippen molar-refractivity contribution in [2.75, 3.05) is 0 Å². The maximum Gasteiger partial charge on any atom is 0.139 e. The number of aromatic hydroxyl groups is 1. The Balaban J connectivity index is 0.00000256. The predicted octanol–water partition coefficient (Wildman–Crippen LogP) is 3.49. The lowest BCUT2D eigenvalue weighted by Gasteiger charge is -2.28. The minimum atomic E-state index is -0.338. The molecule has 0 aromatic heterocycles. The van der Waals surface area contributed by atoms with Crippen LogP contribution in [0.5, 0.6) is 5.75 Å². The molecule has 0 amide bonds. The van der Waals surface area contributed by atoms with Crippen LogP contribution in [0, 0.1) is 16.7 Å². The zero-order valence-corrected chi connectivity index (χ0v) is 12.4. The van der Waals surface area contributed by atoms with Crippen molar-refractivity contribution in [3.05, 3.63) is 27.7 Å². The average molecular weight is 320 g/mol. The maximum atomic E-state index is 9.97. The normalized spacial score (nSPS) is 12.5. The van der Waals surface area contributed by atoms with Gasteiger partial charge in [0.25, 0.3) is 0 Å². The van der Waals surface area contributed by atoms with Crippen LogP contribution in [0.4, 0.5) is 0 Å². The number of hydrogen-bond donors (Lipinski definition) is 2. The molecule has 0 bridgehead atoms. The molecule has 3 nitrogen and oxygen atoms in total. The van der Waals surface area contributed by atoms with E-state index in [9.17, 15) is 5.11 Å². The second kappa shape index (κ2) is 5.72. The second-order valence-corrected chi connectivity index (χ2v) is 5.67. The molecule has 1 aromatic rings. The third-order valence-corrected chi connectivity index (χ3v) is 3.22. The van der Waals surface area contributed by atoms with Gasteiger partial charge >= 0.3 is 0 Å². The molecule has 0 fully saturated rings. The van der Waals surface area contributed by atoms with Crippen molar-refractivity contribution in [1.29, 1.82) is 5.26 Å². The number of benzene rings is 1. The SMILES string of the molecule is CC(C)(C)[C@@H](N)c1c(Br)ccc(C#N)c1O.Cl. The van der Waals surface area contributed by atoms with Gasteiger partial charge < -0.3 is 10.8 Å². The summed E-state index contributed by atoms with van der Waals surface area (Å²) < 4.78 is 0.728. The van der Waals surface area contributed by atoms with E-state index in [0.29, 0.717) is 5.56 Å². The molecule has 0 aliphatic heterocycles. The van der Waals surface area contributed by atoms with Crippen molar-refractivity contribution in [1.82, 2.24) is 0 Å². The molecular weight excluding hydrogens is 304 g/mol. The molecule has 94 valence electrons. The summed E-state index contributed by atoms with van der Waals surface area (Å²) in [6.45, 7) is 5.97. The fourth-order valence-corrected chi connectivity index (χ4v) is 1.97. The summed E-state index contributed by atoms with van der Waals surface area (Å²) in [5.74, 6) is -0.0284. The average Bonchev–Trinajstić information content (AvgIpc) is 2.16. The van der Waals surface area contributed by atoms with Crippen LogP contribution >= 0.6 is 28.3 Å². The summed E-state index contributed by atoms with van der Waals surface area (Å²) in [4.78, 5) is 0. The molecule has 5 heteroatoms. The lowest BCUT2D eigenvalue weighted by molar-refractivity contribution is 0.316. The molecule has 0 radical (unpaired) electrons. The van der Waals surface area contributed by atoms with Crippen LogP contribution in [0.3, 0.4) is 0 Å². The van der Waals surface area contributed by atoms with Crippen molar-refractivity contribution in [3.63, 3.8) is 0 Å². The van der Waals surface area contributed by atoms with E-state index in [1.165, 1.54) is 0 Å². The highest BCUT2D eigenvalue weighted by molar-refractivity contribution is 9.10. The Morgan fingerprint density at radius 2 is 1.94 bits per heavy atom. The first kappa shape index (κ1) is 16.2. The monoisotopic (exact) mass is 318 g/mol. The third-order valence-electron chi connectivity index (χ3n) is 2.53. The Hall–Kier alpha value is -0.760. The Morgan fingerprint density at radius 3 is 2.35 bits per heavy atom. The molecule has 0 aliphatic rings. The zero-order valence-electron chi connectivity index (χ0n) is 9.99. The van der Waals surface area contributed by atoms with Gasteiger partial charge in [0.2, 0.25) is 0 Å². The van der Waals surface area contributed by atoms with E-state index in [1.807, 2.05) is 26.8 Å². The smallest absolute Gasteiger partial charge is 0.139 e. The summed E-state index contributed by atoms with van der Waals surface area (Å²) >= 11 is 3.35. The van der Waals surface area contributed by atoms with Crippen LogP contribution in [0.1, 0.15) is 37.9 Å². The fraction of sp³-hybridized carbons (Fsp3) is 0.417. The maximum absolute atomic E-state index is 9.97. The number of phenolic OH excluding ortho intramolecular Hbond substituents is 1. The first-order chi connectivity index (χ1) is 7.29. The van der Waals surface area contributed by atoms with Crippen LogP contribution in [-0.2, 0) is 0 Å². The van der Waals surface area contributed by atoms with E-state index < -0.39 is 0 Å². The van der Waals surface area contributed by atoms with E-state index in [1.54, 1.807) is 12.1 Å². The summed E-state index contributed by atoms with van der Waals surface area (Å²) in [7, 11) is 0. The highest BCUT2D eigenvalue weighted by Crippen LogP contribution is 2.40. The summed E-state index contributed by atoms with van der Waals surface area (Å²) in [5.41, 5.74) is 6.75. The van der Waals surface area contributed by atoms with Gasteiger partial charge in [-0.25, -0.2) is 0 Å². The largest absolute Gasteiger partial charge is 0.506 e. The van der Waals surface area contributed by atoms with Crippen LogP contribution < -0.4 is 5.73 Å². The van der Waals surface area contributed by atoms with E-state index in [4.69, 9.17) is 11.0 Å². The first-order valence-electron chi connectivity index (χ1n) is 4.96. The van der Waals surface area contributed by atoms with Gasteiger partial charge in [-0.3, -0.25) is 0 Å². The van der Waals surface area contributed by atoms with Crippen molar-refractivity contribution in [2.24, 2.45) is 11.1 Å². The topological polar surface area (TPSA) is 70.0 Å². The minimum absolute atomic E-state index is 0. The molecule has 0 unspecified atom stereocenters. The number of nitriles is 1. The Kier molecular flexibility index (Phi) is 5.47. The summed E-state index contributed by atoms with van der Waals surface area (Å²) in [6, 6.07) is 4.91. The van der Waals surface area contributed by atoms with E-state index in [2.05, 4.69) is 15.9 Å². The van der Waals surface area contributed by atoms with Gasteiger partial charge in [0.15, 0.2) is 0 Å². The lowest BCUT2D eigenvalue weighted by atomic mass is 9.82.